The van der Waals surface area contributed by atoms with Gasteiger partial charge >= 0.3 is 8.80 Å². The normalized spacial score (nSPS) is 24.9. The van der Waals surface area contributed by atoms with Gasteiger partial charge in [-0.05, 0) is 6.42 Å². The lowest BCUT2D eigenvalue weighted by Gasteiger charge is -2.26. The van der Waals surface area contributed by atoms with Crippen LogP contribution in [0.25, 0.3) is 0 Å². The second kappa shape index (κ2) is 8.40. The second-order valence-electron chi connectivity index (χ2n) is 4.81. The predicted octanol–water partition coefficient (Wildman–Crippen LogP) is 0.413. The molecule has 8 heteroatoms. The maximum atomic E-state index is 5.68. The Bertz CT molecular complexity index is 267. The summed E-state index contributed by atoms with van der Waals surface area (Å²) in [6, 6.07) is 0.703. The lowest BCUT2D eigenvalue weighted by molar-refractivity contribution is -0.0376. The van der Waals surface area contributed by atoms with E-state index in [0.29, 0.717) is 32.0 Å². The molecule has 0 aromatic carbocycles. The van der Waals surface area contributed by atoms with Crippen LogP contribution >= 0.6 is 0 Å². The van der Waals surface area contributed by atoms with Gasteiger partial charge in [0.25, 0.3) is 0 Å². The summed E-state index contributed by atoms with van der Waals surface area (Å²) in [4.78, 5) is 0. The minimum absolute atomic E-state index is 0.171. The summed E-state index contributed by atoms with van der Waals surface area (Å²) >= 11 is 0. The van der Waals surface area contributed by atoms with E-state index in [1.54, 1.807) is 14.2 Å². The monoisotopic (exact) mass is 308 g/mol. The van der Waals surface area contributed by atoms with Gasteiger partial charge in [0.05, 0.1) is 26.4 Å². The molecule has 2 fully saturated rings. The molecule has 0 amide bonds. The topological polar surface area (TPSA) is 71.2 Å². The highest BCUT2D eigenvalue weighted by Gasteiger charge is 2.38. The predicted molar refractivity (Wildman–Crippen MR) is 71.4 cm³/mol. The zero-order chi connectivity index (χ0) is 14.3. The highest BCUT2D eigenvalue weighted by molar-refractivity contribution is 6.60. The first-order valence-corrected chi connectivity index (χ1v) is 8.84. The molecule has 0 N–H and O–H groups in total. The van der Waals surface area contributed by atoms with E-state index in [1.807, 2.05) is 0 Å². The van der Waals surface area contributed by atoms with Gasteiger partial charge in [-0.25, -0.2) is 0 Å². The molecule has 0 spiro atoms. The molecule has 0 aromatic rings. The number of ether oxygens (including phenoxy) is 4. The lowest BCUT2D eigenvalue weighted by Crippen LogP contribution is -2.44. The first-order chi connectivity index (χ1) is 9.78. The van der Waals surface area contributed by atoms with Crippen LogP contribution in [0, 0.1) is 0 Å². The summed E-state index contributed by atoms with van der Waals surface area (Å²) < 4.78 is 37.6. The second-order valence-corrected chi connectivity index (χ2v) is 7.78. The van der Waals surface area contributed by atoms with Crippen LogP contribution < -0.4 is 0 Å². The van der Waals surface area contributed by atoms with Gasteiger partial charge in [-0.1, -0.05) is 0 Å². The van der Waals surface area contributed by atoms with Crippen LogP contribution in [0.15, 0.2) is 0 Å². The third-order valence-corrected chi connectivity index (χ3v) is 5.94. The Kier molecular flexibility index (Phi) is 6.85. The molecule has 2 saturated heterocycles. The molecule has 20 heavy (non-hydrogen) atoms. The lowest BCUT2D eigenvalue weighted by atomic mass is 10.5. The average Bonchev–Trinajstić information content (AvgIpc) is 3.36. The molecule has 7 nitrogen and oxygen atoms in total. The Balaban J connectivity index is 1.55. The van der Waals surface area contributed by atoms with Crippen molar-refractivity contribution in [1.82, 2.24) is 0 Å². The molecule has 2 aliphatic rings. The smallest absolute Gasteiger partial charge is 0.379 e. The Labute approximate surface area is 120 Å². The van der Waals surface area contributed by atoms with Crippen molar-refractivity contribution in [3.05, 3.63) is 0 Å². The first-order valence-electron chi connectivity index (χ1n) is 6.91. The maximum absolute atomic E-state index is 5.68. The molecule has 2 atom stereocenters. The summed E-state index contributed by atoms with van der Waals surface area (Å²) in [6.07, 6.45) is 1.36. The van der Waals surface area contributed by atoms with Gasteiger partial charge in [-0.15, -0.1) is 0 Å². The van der Waals surface area contributed by atoms with E-state index in [-0.39, 0.29) is 12.9 Å². The van der Waals surface area contributed by atoms with Crippen molar-refractivity contribution >= 4 is 8.80 Å². The molecule has 0 saturated carbocycles. The van der Waals surface area contributed by atoms with E-state index in [2.05, 4.69) is 0 Å². The Morgan fingerprint density at radius 1 is 1.00 bits per heavy atom. The third-order valence-electron chi connectivity index (χ3n) is 3.17. The minimum Gasteiger partial charge on any atom is -0.379 e. The van der Waals surface area contributed by atoms with E-state index in [0.717, 1.165) is 19.6 Å². The van der Waals surface area contributed by atoms with Gasteiger partial charge < -0.3 is 32.2 Å². The molecule has 2 rings (SSSR count). The van der Waals surface area contributed by atoms with Crippen molar-refractivity contribution in [3.8, 4) is 0 Å². The van der Waals surface area contributed by atoms with Crippen LogP contribution in [-0.2, 0) is 32.2 Å². The summed E-state index contributed by atoms with van der Waals surface area (Å²) in [5.41, 5.74) is 0. The van der Waals surface area contributed by atoms with Crippen molar-refractivity contribution in [2.45, 2.75) is 24.7 Å². The van der Waals surface area contributed by atoms with E-state index in [4.69, 9.17) is 32.2 Å². The van der Waals surface area contributed by atoms with Gasteiger partial charge in [0.15, 0.2) is 0 Å². The van der Waals surface area contributed by atoms with Crippen LogP contribution in [0.2, 0.25) is 6.04 Å². The third kappa shape index (κ3) is 6.14. The molecule has 2 unspecified atom stereocenters. The summed E-state index contributed by atoms with van der Waals surface area (Å²) in [6.45, 7) is 3.65. The quantitative estimate of drug-likeness (QED) is 0.211. The number of epoxide rings is 2. The molecular formula is C12H24O7Si. The SMILES string of the molecule is CO[Si](CCCOCC1CO1)(OC)OCOCC1CO1. The molecule has 0 aromatic heterocycles. The van der Waals surface area contributed by atoms with Gasteiger partial charge in [0.1, 0.15) is 19.0 Å². The standard InChI is InChI=1S/C12H24O7Si/c1-13-20(14-2,19-10-16-7-12-9-18-12)5-3-4-15-6-11-8-17-11/h11-12H,3-10H2,1-2H3. The van der Waals surface area contributed by atoms with E-state index >= 15 is 0 Å². The van der Waals surface area contributed by atoms with Crippen molar-refractivity contribution in [1.29, 1.82) is 0 Å². The zero-order valence-corrected chi connectivity index (χ0v) is 13.2. The molecular weight excluding hydrogens is 284 g/mol. The van der Waals surface area contributed by atoms with Crippen LogP contribution in [0.5, 0.6) is 0 Å². The molecule has 0 bridgehead atoms. The van der Waals surface area contributed by atoms with Crippen LogP contribution in [-0.4, -0.2) is 75.1 Å². The molecule has 2 aliphatic heterocycles. The van der Waals surface area contributed by atoms with E-state index in [9.17, 15) is 0 Å². The van der Waals surface area contributed by atoms with Crippen molar-refractivity contribution < 1.29 is 32.2 Å². The number of hydrogen-bond donors (Lipinski definition) is 0. The number of rotatable bonds is 13. The fraction of sp³-hybridized carbons (Fsp3) is 1.00. The Hall–Kier alpha value is -0.0631. The van der Waals surface area contributed by atoms with Crippen LogP contribution in [0.3, 0.4) is 0 Å². The largest absolute Gasteiger partial charge is 0.502 e. The van der Waals surface area contributed by atoms with Crippen molar-refractivity contribution in [2.75, 3.05) is 54.0 Å². The highest BCUT2D eigenvalue weighted by Crippen LogP contribution is 2.17. The highest BCUT2D eigenvalue weighted by atomic mass is 28.4. The summed E-state index contributed by atoms with van der Waals surface area (Å²) in [5, 5.41) is 0. The fourth-order valence-electron chi connectivity index (χ4n) is 1.72. The minimum atomic E-state index is -2.63. The zero-order valence-electron chi connectivity index (χ0n) is 12.2. The number of hydrogen-bond acceptors (Lipinski definition) is 7. The molecule has 2 heterocycles. The van der Waals surface area contributed by atoms with E-state index < -0.39 is 8.80 Å². The van der Waals surface area contributed by atoms with E-state index in [1.165, 1.54) is 0 Å². The molecule has 0 radical (unpaired) electrons. The van der Waals surface area contributed by atoms with Crippen LogP contribution in [0.1, 0.15) is 6.42 Å². The fourth-order valence-corrected chi connectivity index (χ4v) is 3.52. The van der Waals surface area contributed by atoms with Crippen LogP contribution in [0.4, 0.5) is 0 Å². The molecule has 0 aliphatic carbocycles. The first kappa shape index (κ1) is 16.3. The average molecular weight is 308 g/mol. The van der Waals surface area contributed by atoms with Crippen molar-refractivity contribution in [2.24, 2.45) is 0 Å². The summed E-state index contributed by atoms with van der Waals surface area (Å²) in [5.74, 6) is 0. The van der Waals surface area contributed by atoms with Gasteiger partial charge in [0.2, 0.25) is 0 Å². The van der Waals surface area contributed by atoms with Gasteiger partial charge in [-0.3, -0.25) is 0 Å². The van der Waals surface area contributed by atoms with Crippen molar-refractivity contribution in [3.63, 3.8) is 0 Å². The van der Waals surface area contributed by atoms with Gasteiger partial charge in [0, 0.05) is 26.9 Å². The Morgan fingerprint density at radius 3 is 2.15 bits per heavy atom. The molecule has 118 valence electrons. The Morgan fingerprint density at radius 2 is 1.60 bits per heavy atom. The summed E-state index contributed by atoms with van der Waals surface area (Å²) in [7, 11) is 0.586. The maximum Gasteiger partial charge on any atom is 0.502 e. The van der Waals surface area contributed by atoms with Gasteiger partial charge in [-0.2, -0.15) is 0 Å².